The second-order valence-electron chi connectivity index (χ2n) is 8.36. The molecule has 30 heavy (non-hydrogen) atoms. The third-order valence-corrected chi connectivity index (χ3v) is 5.77. The van der Waals surface area contributed by atoms with Crippen LogP contribution >= 0.6 is 0 Å². The maximum absolute atomic E-state index is 8.65. The van der Waals surface area contributed by atoms with Crippen molar-refractivity contribution in [1.82, 2.24) is 4.98 Å². The van der Waals surface area contributed by atoms with Gasteiger partial charge in [0.15, 0.2) is 5.58 Å². The number of furan rings is 1. The smallest absolute Gasteiger partial charge is 0.227 e. The molecule has 2 aromatic carbocycles. The highest BCUT2D eigenvalue weighted by molar-refractivity contribution is 6.08. The number of benzene rings is 2. The van der Waals surface area contributed by atoms with Gasteiger partial charge in [0, 0.05) is 36.7 Å². The summed E-state index contributed by atoms with van der Waals surface area (Å²) in [5.74, 6) is -0.124. The molecule has 0 aliphatic carbocycles. The molecule has 0 saturated carbocycles. The summed E-state index contributed by atoms with van der Waals surface area (Å²) in [7, 11) is 2.04. The molecule has 0 saturated heterocycles. The molecule has 3 nitrogen and oxygen atoms in total. The summed E-state index contributed by atoms with van der Waals surface area (Å²) in [6, 6.07) is 18.3. The van der Waals surface area contributed by atoms with Gasteiger partial charge >= 0.3 is 0 Å². The SMILES string of the molecule is [2H]C([2H])(c1cccc2c1ccc(-c1c(C)ccc3c1oc1nc(C)ccc13)[n+]2C)C(C)C. The fourth-order valence-corrected chi connectivity index (χ4v) is 4.34. The first-order chi connectivity index (χ1) is 15.2. The predicted molar refractivity (Wildman–Crippen MR) is 124 cm³/mol. The predicted octanol–water partition coefficient (Wildman–Crippen LogP) is 6.44. The lowest BCUT2D eigenvalue weighted by molar-refractivity contribution is -0.633. The van der Waals surface area contributed by atoms with Crippen LogP contribution in [0.4, 0.5) is 0 Å². The van der Waals surface area contributed by atoms with E-state index in [-0.39, 0.29) is 5.92 Å². The zero-order valence-electron chi connectivity index (χ0n) is 20.1. The molecule has 0 aliphatic heterocycles. The van der Waals surface area contributed by atoms with Crippen molar-refractivity contribution in [2.75, 3.05) is 0 Å². The normalized spacial score (nSPS) is 13.4. The molecule has 150 valence electrons. The van der Waals surface area contributed by atoms with Crippen LogP contribution in [0.2, 0.25) is 0 Å². The van der Waals surface area contributed by atoms with Crippen molar-refractivity contribution < 1.29 is 11.7 Å². The lowest BCUT2D eigenvalue weighted by Crippen LogP contribution is -2.32. The maximum Gasteiger partial charge on any atom is 0.227 e. The monoisotopic (exact) mass is 397 g/mol. The van der Waals surface area contributed by atoms with Gasteiger partial charge in [0.05, 0.1) is 5.56 Å². The lowest BCUT2D eigenvalue weighted by Gasteiger charge is -2.11. The number of pyridine rings is 2. The van der Waals surface area contributed by atoms with Crippen LogP contribution in [0, 0.1) is 19.8 Å². The fraction of sp³-hybridized carbons (Fsp3) is 0.259. The van der Waals surface area contributed by atoms with Crippen LogP contribution in [0.5, 0.6) is 0 Å². The van der Waals surface area contributed by atoms with Gasteiger partial charge in [-0.25, -0.2) is 4.98 Å². The first kappa shape index (κ1) is 16.6. The summed E-state index contributed by atoms with van der Waals surface area (Å²) in [6.07, 6.45) is -1.41. The Morgan fingerprint density at radius 1 is 0.967 bits per heavy atom. The van der Waals surface area contributed by atoms with Crippen molar-refractivity contribution in [3.8, 4) is 11.3 Å². The molecule has 0 aliphatic rings. The van der Waals surface area contributed by atoms with Gasteiger partial charge in [-0.2, -0.15) is 4.57 Å². The standard InChI is InChI=1S/C27H27N2O/c1-16(2)15-19-7-6-8-23-20(19)13-14-24(29(23)5)25-17(3)9-11-21-22-12-10-18(4)28-27(22)30-26(21)25/h6-14,16H,15H2,1-5H3/q+1/i15D2. The molecule has 0 amide bonds. The van der Waals surface area contributed by atoms with E-state index >= 15 is 0 Å². The Bertz CT molecular complexity index is 1520. The summed E-state index contributed by atoms with van der Waals surface area (Å²) in [6.45, 7) is 7.91. The number of aryl methyl sites for hydroxylation is 3. The van der Waals surface area contributed by atoms with Crippen LogP contribution in [-0.4, -0.2) is 4.98 Å². The third-order valence-electron chi connectivity index (χ3n) is 5.77. The summed E-state index contributed by atoms with van der Waals surface area (Å²) >= 11 is 0. The highest BCUT2D eigenvalue weighted by Crippen LogP contribution is 2.37. The van der Waals surface area contributed by atoms with Crippen molar-refractivity contribution in [2.24, 2.45) is 13.0 Å². The first-order valence-corrected chi connectivity index (χ1v) is 10.4. The zero-order valence-corrected chi connectivity index (χ0v) is 18.1. The molecule has 0 bridgehead atoms. The van der Waals surface area contributed by atoms with E-state index in [4.69, 9.17) is 7.16 Å². The average Bonchev–Trinajstić information content (AvgIpc) is 3.11. The van der Waals surface area contributed by atoms with Crippen molar-refractivity contribution in [2.45, 2.75) is 34.1 Å². The second-order valence-corrected chi connectivity index (χ2v) is 8.36. The van der Waals surface area contributed by atoms with Crippen molar-refractivity contribution in [3.63, 3.8) is 0 Å². The molecular formula is C27H27N2O+. The molecule has 0 spiro atoms. The van der Waals surface area contributed by atoms with Gasteiger partial charge in [-0.05, 0) is 55.5 Å². The summed E-state index contributed by atoms with van der Waals surface area (Å²) in [4.78, 5) is 4.59. The van der Waals surface area contributed by atoms with Crippen molar-refractivity contribution in [1.29, 1.82) is 0 Å². The van der Waals surface area contributed by atoms with Gasteiger partial charge in [0.1, 0.15) is 7.05 Å². The molecule has 0 N–H and O–H groups in total. The molecule has 0 fully saturated rings. The number of aromatic nitrogens is 2. The Balaban J connectivity index is 1.82. The fourth-order valence-electron chi connectivity index (χ4n) is 4.34. The zero-order chi connectivity index (χ0) is 22.8. The van der Waals surface area contributed by atoms with E-state index in [1.165, 1.54) is 0 Å². The Morgan fingerprint density at radius 3 is 2.53 bits per heavy atom. The number of nitrogens with zero attached hydrogens (tertiary/aromatic N) is 2. The number of hydrogen-bond donors (Lipinski definition) is 0. The van der Waals surface area contributed by atoms with Gasteiger partial charge in [0.2, 0.25) is 16.9 Å². The van der Waals surface area contributed by atoms with Gasteiger partial charge in [-0.3, -0.25) is 0 Å². The Morgan fingerprint density at radius 2 is 1.73 bits per heavy atom. The highest BCUT2D eigenvalue weighted by atomic mass is 16.3. The van der Waals surface area contributed by atoms with Crippen LogP contribution < -0.4 is 4.57 Å². The minimum Gasteiger partial charge on any atom is -0.437 e. The molecule has 5 aromatic rings. The maximum atomic E-state index is 8.65. The topological polar surface area (TPSA) is 29.9 Å². The van der Waals surface area contributed by atoms with E-state index in [9.17, 15) is 0 Å². The Labute approximate surface area is 179 Å². The van der Waals surface area contributed by atoms with Gasteiger partial charge < -0.3 is 4.42 Å². The van der Waals surface area contributed by atoms with E-state index in [1.807, 2.05) is 52.1 Å². The second kappa shape index (κ2) is 6.94. The van der Waals surface area contributed by atoms with Gasteiger partial charge in [-0.1, -0.05) is 38.1 Å². The van der Waals surface area contributed by atoms with Crippen LogP contribution in [0.3, 0.4) is 0 Å². The largest absolute Gasteiger partial charge is 0.437 e. The quantitative estimate of drug-likeness (QED) is 0.328. The molecule has 0 radical (unpaired) electrons. The number of fused-ring (bicyclic) bond motifs is 4. The van der Waals surface area contributed by atoms with Gasteiger partial charge in [-0.15, -0.1) is 0 Å². The highest BCUT2D eigenvalue weighted by Gasteiger charge is 2.23. The van der Waals surface area contributed by atoms with Crippen LogP contribution in [0.1, 0.15) is 33.4 Å². The Kier molecular flexibility index (Phi) is 3.84. The lowest BCUT2D eigenvalue weighted by atomic mass is 9.96. The number of rotatable bonds is 3. The van der Waals surface area contributed by atoms with Crippen molar-refractivity contribution in [3.05, 3.63) is 71.4 Å². The van der Waals surface area contributed by atoms with E-state index < -0.39 is 6.37 Å². The van der Waals surface area contributed by atoms with E-state index in [2.05, 4.69) is 46.8 Å². The van der Waals surface area contributed by atoms with Crippen molar-refractivity contribution >= 4 is 33.0 Å². The first-order valence-electron chi connectivity index (χ1n) is 11.4. The van der Waals surface area contributed by atoms with Crippen LogP contribution in [-0.2, 0) is 13.4 Å². The van der Waals surface area contributed by atoms with Crippen LogP contribution in [0.25, 0.3) is 44.2 Å². The molecule has 0 atom stereocenters. The number of hydrogen-bond acceptors (Lipinski definition) is 2. The summed E-state index contributed by atoms with van der Waals surface area (Å²) in [5, 5.41) is 3.00. The Hall–Kier alpha value is -3.20. The summed E-state index contributed by atoms with van der Waals surface area (Å²) in [5.41, 5.74) is 7.33. The van der Waals surface area contributed by atoms with E-state index in [0.717, 1.165) is 55.3 Å². The molecule has 3 aromatic heterocycles. The van der Waals surface area contributed by atoms with Crippen LogP contribution in [0.15, 0.2) is 59.0 Å². The minimum atomic E-state index is -1.41. The summed E-state index contributed by atoms with van der Waals surface area (Å²) < 4.78 is 25.7. The molecule has 5 rings (SSSR count). The molecular weight excluding hydrogens is 368 g/mol. The van der Waals surface area contributed by atoms with E-state index in [0.29, 0.717) is 5.71 Å². The molecule has 3 heterocycles. The molecule has 0 unspecified atom stereocenters. The van der Waals surface area contributed by atoms with E-state index in [1.54, 1.807) is 0 Å². The van der Waals surface area contributed by atoms with Gasteiger partial charge in [0.25, 0.3) is 0 Å². The average molecular weight is 398 g/mol. The minimum absolute atomic E-state index is 0.124. The molecule has 3 heteroatoms. The third kappa shape index (κ3) is 2.88.